The maximum Gasteiger partial charge on any atom is 0.450 e. The summed E-state index contributed by atoms with van der Waals surface area (Å²) < 4.78 is 79.0. The SMILES string of the molecule is O=C(O)c1cccc(-n2c(C(F)(F)F)nc3cc(C(F)(F)F)ccc32)c1. The van der Waals surface area contributed by atoms with Gasteiger partial charge in [-0.25, -0.2) is 9.78 Å². The third kappa shape index (κ3) is 3.09. The summed E-state index contributed by atoms with van der Waals surface area (Å²) in [6, 6.07) is 6.63. The first-order valence-electron chi connectivity index (χ1n) is 6.99. The van der Waals surface area contributed by atoms with Gasteiger partial charge in [-0.05, 0) is 36.4 Å². The minimum Gasteiger partial charge on any atom is -0.478 e. The Bertz CT molecular complexity index is 1000. The molecule has 0 fully saturated rings. The highest BCUT2D eigenvalue weighted by Gasteiger charge is 2.39. The number of hydrogen-bond donors (Lipinski definition) is 1. The Labute approximate surface area is 141 Å². The third-order valence-electron chi connectivity index (χ3n) is 3.59. The molecule has 1 N–H and O–H groups in total. The molecule has 0 aliphatic heterocycles. The third-order valence-corrected chi connectivity index (χ3v) is 3.59. The van der Waals surface area contributed by atoms with E-state index in [1.807, 2.05) is 0 Å². The van der Waals surface area contributed by atoms with Crippen LogP contribution in [0.15, 0.2) is 42.5 Å². The highest BCUT2D eigenvalue weighted by atomic mass is 19.4. The Morgan fingerprint density at radius 2 is 1.65 bits per heavy atom. The number of fused-ring (bicyclic) bond motifs is 1. The van der Waals surface area contributed by atoms with Crippen molar-refractivity contribution in [2.24, 2.45) is 0 Å². The molecule has 10 heteroatoms. The second-order valence-electron chi connectivity index (χ2n) is 5.33. The van der Waals surface area contributed by atoms with Gasteiger partial charge >= 0.3 is 18.3 Å². The van der Waals surface area contributed by atoms with E-state index < -0.39 is 35.2 Å². The number of carboxylic acids is 1. The number of aromatic nitrogens is 2. The number of halogens is 6. The van der Waals surface area contributed by atoms with E-state index in [2.05, 4.69) is 4.98 Å². The number of carboxylic acid groups (broad SMARTS) is 1. The van der Waals surface area contributed by atoms with Crippen LogP contribution < -0.4 is 0 Å². The van der Waals surface area contributed by atoms with Crippen molar-refractivity contribution in [3.05, 3.63) is 59.4 Å². The molecule has 3 rings (SSSR count). The van der Waals surface area contributed by atoms with Gasteiger partial charge in [0.1, 0.15) is 0 Å². The summed E-state index contributed by atoms with van der Waals surface area (Å²) >= 11 is 0. The summed E-state index contributed by atoms with van der Waals surface area (Å²) in [5.41, 5.74) is -2.33. The number of benzene rings is 2. The molecule has 4 nitrogen and oxygen atoms in total. The Morgan fingerprint density at radius 3 is 2.23 bits per heavy atom. The van der Waals surface area contributed by atoms with Crippen molar-refractivity contribution in [2.45, 2.75) is 12.4 Å². The van der Waals surface area contributed by atoms with Crippen molar-refractivity contribution in [3.63, 3.8) is 0 Å². The fraction of sp³-hybridized carbons (Fsp3) is 0.125. The Morgan fingerprint density at radius 1 is 0.962 bits per heavy atom. The highest BCUT2D eigenvalue weighted by molar-refractivity contribution is 5.88. The van der Waals surface area contributed by atoms with E-state index in [1.165, 1.54) is 18.2 Å². The van der Waals surface area contributed by atoms with Crippen LogP contribution in [0.2, 0.25) is 0 Å². The normalized spacial score (nSPS) is 12.5. The highest BCUT2D eigenvalue weighted by Crippen LogP contribution is 2.36. The number of aromatic carboxylic acids is 1. The smallest absolute Gasteiger partial charge is 0.450 e. The van der Waals surface area contributed by atoms with Gasteiger partial charge in [-0.1, -0.05) is 6.07 Å². The van der Waals surface area contributed by atoms with Crippen LogP contribution >= 0.6 is 0 Å². The molecule has 1 aromatic heterocycles. The van der Waals surface area contributed by atoms with Gasteiger partial charge < -0.3 is 5.11 Å². The molecular formula is C16H8F6N2O2. The fourth-order valence-electron chi connectivity index (χ4n) is 2.49. The molecule has 0 amide bonds. The largest absolute Gasteiger partial charge is 0.478 e. The van der Waals surface area contributed by atoms with E-state index in [4.69, 9.17) is 5.11 Å². The summed E-state index contributed by atoms with van der Waals surface area (Å²) in [4.78, 5) is 14.4. The van der Waals surface area contributed by atoms with Crippen LogP contribution in [0.4, 0.5) is 26.3 Å². The molecule has 26 heavy (non-hydrogen) atoms. The monoisotopic (exact) mass is 374 g/mol. The topological polar surface area (TPSA) is 55.1 Å². The van der Waals surface area contributed by atoms with Gasteiger partial charge in [0, 0.05) is 5.69 Å². The number of hydrogen-bond acceptors (Lipinski definition) is 2. The molecule has 3 aromatic rings. The van der Waals surface area contributed by atoms with Crippen LogP contribution in [0, 0.1) is 0 Å². The van der Waals surface area contributed by atoms with Gasteiger partial charge in [-0.15, -0.1) is 0 Å². The molecule has 2 aromatic carbocycles. The van der Waals surface area contributed by atoms with Crippen molar-refractivity contribution in [1.29, 1.82) is 0 Å². The predicted octanol–water partition coefficient (Wildman–Crippen LogP) is 4.76. The molecule has 136 valence electrons. The molecule has 0 saturated heterocycles. The van der Waals surface area contributed by atoms with Crippen LogP contribution in [0.25, 0.3) is 16.7 Å². The van der Waals surface area contributed by atoms with E-state index in [0.717, 1.165) is 12.1 Å². The summed E-state index contributed by atoms with van der Waals surface area (Å²) in [7, 11) is 0. The number of imidazole rings is 1. The standard InChI is InChI=1S/C16H8F6N2O2/c17-15(18,19)9-4-5-12-11(7-9)23-14(16(20,21)22)24(12)10-3-1-2-8(6-10)13(25)26/h1-7H,(H,25,26). The van der Waals surface area contributed by atoms with E-state index in [-0.39, 0.29) is 16.8 Å². The summed E-state index contributed by atoms with van der Waals surface area (Å²) in [5, 5.41) is 9.00. The quantitative estimate of drug-likeness (QED) is 0.658. The van der Waals surface area contributed by atoms with Crippen LogP contribution in [-0.4, -0.2) is 20.6 Å². The molecule has 0 saturated carbocycles. The molecular weight excluding hydrogens is 366 g/mol. The number of alkyl halides is 6. The molecule has 0 aliphatic rings. The zero-order valence-electron chi connectivity index (χ0n) is 12.6. The predicted molar refractivity (Wildman–Crippen MR) is 78.0 cm³/mol. The minimum atomic E-state index is -4.96. The van der Waals surface area contributed by atoms with Crippen molar-refractivity contribution in [1.82, 2.24) is 9.55 Å². The maximum absolute atomic E-state index is 13.3. The van der Waals surface area contributed by atoms with Crippen LogP contribution in [0.1, 0.15) is 21.7 Å². The summed E-state index contributed by atoms with van der Waals surface area (Å²) in [6.07, 6.45) is -9.70. The molecule has 0 bridgehead atoms. The lowest BCUT2D eigenvalue weighted by molar-refractivity contribution is -0.145. The van der Waals surface area contributed by atoms with Crippen LogP contribution in [0.5, 0.6) is 0 Å². The first-order valence-corrected chi connectivity index (χ1v) is 6.99. The van der Waals surface area contributed by atoms with Gasteiger partial charge in [0.2, 0.25) is 5.82 Å². The molecule has 0 unspecified atom stereocenters. The molecule has 1 heterocycles. The second-order valence-corrected chi connectivity index (χ2v) is 5.33. The van der Waals surface area contributed by atoms with E-state index >= 15 is 0 Å². The summed E-state index contributed by atoms with van der Waals surface area (Å²) in [6.45, 7) is 0. The average molecular weight is 374 g/mol. The van der Waals surface area contributed by atoms with Gasteiger partial charge in [0.05, 0.1) is 22.2 Å². The van der Waals surface area contributed by atoms with Crippen LogP contribution in [-0.2, 0) is 12.4 Å². The van der Waals surface area contributed by atoms with E-state index in [1.54, 1.807) is 0 Å². The van der Waals surface area contributed by atoms with Gasteiger partial charge in [-0.2, -0.15) is 26.3 Å². The average Bonchev–Trinajstić information content (AvgIpc) is 2.93. The molecule has 0 spiro atoms. The second kappa shape index (κ2) is 5.75. The zero-order chi connectivity index (χ0) is 19.3. The summed E-state index contributed by atoms with van der Waals surface area (Å²) in [5.74, 6) is -2.81. The molecule has 0 atom stereocenters. The van der Waals surface area contributed by atoms with Crippen molar-refractivity contribution >= 4 is 17.0 Å². The lowest BCUT2D eigenvalue weighted by Gasteiger charge is -2.12. The van der Waals surface area contributed by atoms with Gasteiger partial charge in [0.25, 0.3) is 0 Å². The maximum atomic E-state index is 13.3. The lowest BCUT2D eigenvalue weighted by atomic mass is 10.1. The Kier molecular flexibility index (Phi) is 3.93. The number of nitrogens with zero attached hydrogens (tertiary/aromatic N) is 2. The lowest BCUT2D eigenvalue weighted by Crippen LogP contribution is -2.14. The minimum absolute atomic E-state index is 0.181. The van der Waals surface area contributed by atoms with Crippen LogP contribution in [0.3, 0.4) is 0 Å². The van der Waals surface area contributed by atoms with E-state index in [0.29, 0.717) is 16.7 Å². The first kappa shape index (κ1) is 17.8. The van der Waals surface area contributed by atoms with Crippen molar-refractivity contribution in [2.75, 3.05) is 0 Å². The van der Waals surface area contributed by atoms with Crippen molar-refractivity contribution < 1.29 is 36.2 Å². The molecule has 0 radical (unpaired) electrons. The first-order chi connectivity index (χ1) is 12.0. The zero-order valence-corrected chi connectivity index (χ0v) is 12.6. The Balaban J connectivity index is 2.32. The van der Waals surface area contributed by atoms with Crippen molar-refractivity contribution in [3.8, 4) is 5.69 Å². The Hall–Kier alpha value is -3.04. The number of carbonyl (C=O) groups is 1. The molecule has 0 aliphatic carbocycles. The fourth-order valence-corrected chi connectivity index (χ4v) is 2.49. The number of rotatable bonds is 2. The van der Waals surface area contributed by atoms with Gasteiger partial charge in [0.15, 0.2) is 0 Å². The van der Waals surface area contributed by atoms with Gasteiger partial charge in [-0.3, -0.25) is 4.57 Å². The van der Waals surface area contributed by atoms with E-state index in [9.17, 15) is 31.1 Å².